The highest BCUT2D eigenvalue weighted by molar-refractivity contribution is 7.80. The van der Waals surface area contributed by atoms with Crippen LogP contribution in [0.4, 0.5) is 0 Å². The summed E-state index contributed by atoms with van der Waals surface area (Å²) in [5.74, 6) is 0. The third kappa shape index (κ3) is 7.38. The van der Waals surface area contributed by atoms with Gasteiger partial charge in [0, 0.05) is 18.6 Å². The van der Waals surface area contributed by atoms with Gasteiger partial charge in [-0.25, -0.2) is 0 Å². The molecule has 1 heterocycles. The van der Waals surface area contributed by atoms with E-state index >= 15 is 0 Å². The normalized spacial score (nSPS) is 14.3. The lowest BCUT2D eigenvalue weighted by atomic mass is 10.0. The van der Waals surface area contributed by atoms with Crippen LogP contribution in [0.5, 0.6) is 0 Å². The number of ether oxygens (including phenoxy) is 1. The van der Waals surface area contributed by atoms with E-state index in [2.05, 4.69) is 64.4 Å². The van der Waals surface area contributed by atoms with Crippen LogP contribution in [0.25, 0.3) is 0 Å². The number of quaternary nitrogens is 1. The van der Waals surface area contributed by atoms with Crippen molar-refractivity contribution >= 4 is 23.0 Å². The summed E-state index contributed by atoms with van der Waals surface area (Å²) in [6, 6.07) is 20.8. The largest absolute Gasteiger partial charge is 0.370 e. The molecule has 0 aromatic heterocycles. The van der Waals surface area contributed by atoms with Crippen LogP contribution >= 0.6 is 12.2 Å². The zero-order chi connectivity index (χ0) is 19.4. The predicted octanol–water partition coefficient (Wildman–Crippen LogP) is 1.21. The van der Waals surface area contributed by atoms with Crippen molar-refractivity contribution < 1.29 is 9.64 Å². The Morgan fingerprint density at radius 1 is 0.929 bits per heavy atom. The zero-order valence-electron chi connectivity index (χ0n) is 16.2. The molecule has 0 radical (unpaired) electrons. The van der Waals surface area contributed by atoms with Crippen molar-refractivity contribution in [2.75, 3.05) is 39.4 Å². The van der Waals surface area contributed by atoms with Crippen molar-refractivity contribution in [2.45, 2.75) is 12.8 Å². The molecule has 1 aliphatic rings. The van der Waals surface area contributed by atoms with Crippen LogP contribution in [0.15, 0.2) is 65.8 Å². The Bertz CT molecular complexity index is 702. The molecule has 0 atom stereocenters. The topological polar surface area (TPSA) is 50.1 Å². The highest BCUT2D eigenvalue weighted by atomic mass is 32.1. The number of hydrogen-bond donors (Lipinski definition) is 3. The summed E-state index contributed by atoms with van der Waals surface area (Å²) < 4.78 is 5.39. The second kappa shape index (κ2) is 11.5. The first-order chi connectivity index (χ1) is 13.8. The number of hydrogen-bond acceptors (Lipinski definition) is 3. The average Bonchev–Trinajstić information content (AvgIpc) is 2.74. The molecular weight excluding hydrogens is 368 g/mol. The second-order valence-electron chi connectivity index (χ2n) is 6.98. The van der Waals surface area contributed by atoms with Crippen molar-refractivity contribution in [3.8, 4) is 0 Å². The highest BCUT2D eigenvalue weighted by Gasteiger charge is 2.13. The van der Waals surface area contributed by atoms with Crippen LogP contribution in [-0.2, 0) is 17.6 Å². The molecule has 3 N–H and O–H groups in total. The molecule has 148 valence electrons. The standard InChI is InChI=1S/C22H28N4OS/c28-22(23-11-12-26-13-15-27-16-14-26)25-24-21(17-19-7-3-1-4-8-19)18-20-9-5-2-6-10-20/h1-10H,11-18H2,(H2,23,25,28)/p+1. The fourth-order valence-electron chi connectivity index (χ4n) is 3.24. The Labute approximate surface area is 172 Å². The molecule has 0 saturated carbocycles. The smallest absolute Gasteiger partial charge is 0.187 e. The van der Waals surface area contributed by atoms with Crippen LogP contribution in [0.2, 0.25) is 0 Å². The Hall–Kier alpha value is -2.28. The van der Waals surface area contributed by atoms with E-state index in [1.165, 1.54) is 11.1 Å². The summed E-state index contributed by atoms with van der Waals surface area (Å²) in [5.41, 5.74) is 6.58. The maximum Gasteiger partial charge on any atom is 0.187 e. The number of morpholine rings is 1. The Morgan fingerprint density at radius 3 is 2.07 bits per heavy atom. The van der Waals surface area contributed by atoms with Gasteiger partial charge in [-0.05, 0) is 23.3 Å². The minimum atomic E-state index is 0.575. The molecule has 28 heavy (non-hydrogen) atoms. The van der Waals surface area contributed by atoms with Gasteiger partial charge in [0.1, 0.15) is 13.1 Å². The second-order valence-corrected chi connectivity index (χ2v) is 7.39. The van der Waals surface area contributed by atoms with E-state index in [9.17, 15) is 0 Å². The molecule has 2 aromatic rings. The summed E-state index contributed by atoms with van der Waals surface area (Å²) in [4.78, 5) is 1.55. The number of nitrogens with zero attached hydrogens (tertiary/aromatic N) is 1. The van der Waals surface area contributed by atoms with E-state index in [1.54, 1.807) is 4.90 Å². The van der Waals surface area contributed by atoms with Crippen LogP contribution in [-0.4, -0.2) is 50.2 Å². The van der Waals surface area contributed by atoms with Gasteiger partial charge in [-0.3, -0.25) is 5.43 Å². The van der Waals surface area contributed by atoms with Crippen molar-refractivity contribution in [3.63, 3.8) is 0 Å². The van der Waals surface area contributed by atoms with E-state index in [0.717, 1.165) is 57.9 Å². The minimum absolute atomic E-state index is 0.575. The summed E-state index contributed by atoms with van der Waals surface area (Å²) in [5, 5.41) is 8.46. The fraction of sp³-hybridized carbons (Fsp3) is 0.364. The van der Waals surface area contributed by atoms with E-state index in [1.807, 2.05) is 12.1 Å². The van der Waals surface area contributed by atoms with Crippen molar-refractivity contribution in [3.05, 3.63) is 71.8 Å². The average molecular weight is 398 g/mol. The molecule has 1 fully saturated rings. The highest BCUT2D eigenvalue weighted by Crippen LogP contribution is 2.07. The van der Waals surface area contributed by atoms with Crippen LogP contribution in [0, 0.1) is 0 Å². The van der Waals surface area contributed by atoms with Gasteiger partial charge in [-0.2, -0.15) is 5.10 Å². The molecule has 0 bridgehead atoms. The first-order valence-electron chi connectivity index (χ1n) is 9.88. The Balaban J connectivity index is 1.52. The third-order valence-electron chi connectivity index (χ3n) is 4.78. The van der Waals surface area contributed by atoms with E-state index in [-0.39, 0.29) is 0 Å². The summed E-state index contributed by atoms with van der Waals surface area (Å²) in [7, 11) is 0. The molecule has 1 aliphatic heterocycles. The van der Waals surface area contributed by atoms with Crippen molar-refractivity contribution in [1.29, 1.82) is 0 Å². The molecular formula is C22H29N4OS+. The molecule has 0 spiro atoms. The van der Waals surface area contributed by atoms with Gasteiger partial charge in [0.25, 0.3) is 0 Å². The Morgan fingerprint density at radius 2 is 1.50 bits per heavy atom. The number of benzene rings is 2. The Kier molecular flexibility index (Phi) is 8.43. The quantitative estimate of drug-likeness (QED) is 0.356. The SMILES string of the molecule is S=C(NCC[NH+]1CCOCC1)NN=C(Cc1ccccc1)Cc1ccccc1. The van der Waals surface area contributed by atoms with Gasteiger partial charge in [-0.1, -0.05) is 60.7 Å². The monoisotopic (exact) mass is 397 g/mol. The maximum absolute atomic E-state index is 5.41. The molecule has 0 amide bonds. The van der Waals surface area contributed by atoms with Gasteiger partial charge in [0.15, 0.2) is 5.11 Å². The first kappa shape index (κ1) is 20.5. The molecule has 0 unspecified atom stereocenters. The van der Waals surface area contributed by atoms with E-state index in [4.69, 9.17) is 17.0 Å². The van der Waals surface area contributed by atoms with Crippen LogP contribution in [0.3, 0.4) is 0 Å². The van der Waals surface area contributed by atoms with Gasteiger partial charge in [0.2, 0.25) is 0 Å². The number of hydrazone groups is 1. The molecule has 0 aliphatic carbocycles. The summed E-state index contributed by atoms with van der Waals surface area (Å²) in [6.45, 7) is 5.71. The van der Waals surface area contributed by atoms with E-state index in [0.29, 0.717) is 5.11 Å². The van der Waals surface area contributed by atoms with Gasteiger partial charge < -0.3 is 15.0 Å². The summed E-state index contributed by atoms with van der Waals surface area (Å²) >= 11 is 5.41. The number of nitrogens with one attached hydrogen (secondary N) is 3. The fourth-order valence-corrected chi connectivity index (χ4v) is 3.38. The first-order valence-corrected chi connectivity index (χ1v) is 10.3. The lowest BCUT2D eigenvalue weighted by Crippen LogP contribution is -3.14. The third-order valence-corrected chi connectivity index (χ3v) is 5.02. The molecule has 2 aromatic carbocycles. The van der Waals surface area contributed by atoms with Crippen LogP contribution in [0.1, 0.15) is 11.1 Å². The van der Waals surface area contributed by atoms with Crippen molar-refractivity contribution in [2.24, 2.45) is 5.10 Å². The van der Waals surface area contributed by atoms with Crippen LogP contribution < -0.4 is 15.6 Å². The molecule has 3 rings (SSSR count). The molecule has 6 heteroatoms. The number of rotatable bonds is 8. The van der Waals surface area contributed by atoms with Gasteiger partial charge in [-0.15, -0.1) is 0 Å². The summed E-state index contributed by atoms with van der Waals surface area (Å²) in [6.07, 6.45) is 1.59. The van der Waals surface area contributed by atoms with Gasteiger partial charge in [0.05, 0.1) is 26.3 Å². The maximum atomic E-state index is 5.41. The molecule has 1 saturated heterocycles. The lowest BCUT2D eigenvalue weighted by Gasteiger charge is -2.23. The predicted molar refractivity (Wildman–Crippen MR) is 118 cm³/mol. The van der Waals surface area contributed by atoms with Gasteiger partial charge >= 0.3 is 0 Å². The van der Waals surface area contributed by atoms with Crippen molar-refractivity contribution in [1.82, 2.24) is 10.7 Å². The lowest BCUT2D eigenvalue weighted by molar-refractivity contribution is -0.906. The zero-order valence-corrected chi connectivity index (χ0v) is 17.0. The van der Waals surface area contributed by atoms with E-state index < -0.39 is 0 Å². The molecule has 5 nitrogen and oxygen atoms in total. The minimum Gasteiger partial charge on any atom is -0.370 e. The number of thiocarbonyl (C=S) groups is 1.